The predicted molar refractivity (Wildman–Crippen MR) is 108 cm³/mol. The van der Waals surface area contributed by atoms with Crippen molar-refractivity contribution < 1.29 is 14.6 Å². The topological polar surface area (TPSA) is 102 Å². The SMILES string of the molecule is C#CC(CO)(CCn1cnc2c(NC(=O)CCCCCC)nc(Cl)nc21)OC. The monoisotopic (exact) mass is 407 g/mol. The first-order valence-electron chi connectivity index (χ1n) is 9.30. The van der Waals surface area contributed by atoms with Gasteiger partial charge in [-0.25, -0.2) is 4.98 Å². The van der Waals surface area contributed by atoms with Gasteiger partial charge in [0.05, 0.1) is 12.9 Å². The molecule has 2 aromatic heterocycles. The number of unbranched alkanes of at least 4 members (excludes halogenated alkanes) is 3. The van der Waals surface area contributed by atoms with E-state index < -0.39 is 5.60 Å². The first-order chi connectivity index (χ1) is 13.5. The fourth-order valence-electron chi connectivity index (χ4n) is 2.80. The lowest BCUT2D eigenvalue weighted by Gasteiger charge is -2.24. The highest BCUT2D eigenvalue weighted by molar-refractivity contribution is 6.28. The smallest absolute Gasteiger partial charge is 0.226 e. The molecule has 0 aromatic carbocycles. The summed E-state index contributed by atoms with van der Waals surface area (Å²) in [5, 5.41) is 12.3. The minimum absolute atomic E-state index is 0.00708. The van der Waals surface area contributed by atoms with E-state index in [1.807, 2.05) is 0 Å². The first kappa shape index (κ1) is 22.1. The van der Waals surface area contributed by atoms with Gasteiger partial charge in [-0.2, -0.15) is 9.97 Å². The number of nitrogens with zero attached hydrogens (tertiary/aromatic N) is 4. The van der Waals surface area contributed by atoms with Crippen molar-refractivity contribution in [2.24, 2.45) is 0 Å². The molecule has 1 atom stereocenters. The number of fused-ring (bicyclic) bond motifs is 1. The third kappa shape index (κ3) is 5.41. The van der Waals surface area contributed by atoms with E-state index >= 15 is 0 Å². The molecule has 0 aliphatic heterocycles. The molecule has 0 spiro atoms. The molecule has 0 aliphatic carbocycles. The average Bonchev–Trinajstić information content (AvgIpc) is 3.10. The van der Waals surface area contributed by atoms with Crippen molar-refractivity contribution >= 4 is 34.5 Å². The van der Waals surface area contributed by atoms with Gasteiger partial charge >= 0.3 is 0 Å². The molecular weight excluding hydrogens is 382 g/mol. The highest BCUT2D eigenvalue weighted by atomic mass is 35.5. The van der Waals surface area contributed by atoms with Gasteiger partial charge in [0, 0.05) is 26.5 Å². The van der Waals surface area contributed by atoms with Gasteiger partial charge in [0.1, 0.15) is 0 Å². The van der Waals surface area contributed by atoms with Gasteiger partial charge in [0.25, 0.3) is 0 Å². The van der Waals surface area contributed by atoms with E-state index in [2.05, 4.69) is 33.1 Å². The summed E-state index contributed by atoms with van der Waals surface area (Å²) in [7, 11) is 1.45. The van der Waals surface area contributed by atoms with Crippen LogP contribution in [0.25, 0.3) is 11.2 Å². The zero-order valence-corrected chi connectivity index (χ0v) is 17.0. The lowest BCUT2D eigenvalue weighted by Crippen LogP contribution is -2.35. The fraction of sp³-hybridized carbons (Fsp3) is 0.579. The maximum Gasteiger partial charge on any atom is 0.226 e. The van der Waals surface area contributed by atoms with Crippen molar-refractivity contribution in [1.82, 2.24) is 19.5 Å². The number of aliphatic hydroxyl groups excluding tert-OH is 1. The van der Waals surface area contributed by atoms with Crippen molar-refractivity contribution in [3.05, 3.63) is 11.6 Å². The summed E-state index contributed by atoms with van der Waals surface area (Å²) in [6.07, 6.45) is 11.9. The second-order valence-electron chi connectivity index (χ2n) is 6.56. The van der Waals surface area contributed by atoms with E-state index in [1.54, 1.807) is 10.9 Å². The number of amides is 1. The van der Waals surface area contributed by atoms with E-state index in [0.717, 1.165) is 25.7 Å². The zero-order chi connectivity index (χ0) is 20.6. The lowest BCUT2D eigenvalue weighted by molar-refractivity contribution is -0.116. The summed E-state index contributed by atoms with van der Waals surface area (Å²) in [6, 6.07) is 0. The minimum Gasteiger partial charge on any atom is -0.392 e. The molecule has 0 saturated heterocycles. The van der Waals surface area contributed by atoms with Crippen LogP contribution in [0.4, 0.5) is 5.82 Å². The number of aromatic nitrogens is 4. The van der Waals surface area contributed by atoms with Crippen LogP contribution in [0.2, 0.25) is 5.28 Å². The molecule has 1 unspecified atom stereocenters. The number of carbonyl (C=O) groups excluding carboxylic acids is 1. The zero-order valence-electron chi connectivity index (χ0n) is 16.2. The van der Waals surface area contributed by atoms with Crippen LogP contribution in [-0.2, 0) is 16.1 Å². The van der Waals surface area contributed by atoms with Crippen LogP contribution in [0.3, 0.4) is 0 Å². The molecule has 2 N–H and O–H groups in total. The van der Waals surface area contributed by atoms with Crippen molar-refractivity contribution in [2.45, 2.75) is 57.6 Å². The summed E-state index contributed by atoms with van der Waals surface area (Å²) in [5.74, 6) is 2.63. The quantitative estimate of drug-likeness (QED) is 0.337. The Morgan fingerprint density at radius 2 is 2.21 bits per heavy atom. The van der Waals surface area contributed by atoms with E-state index in [1.165, 1.54) is 7.11 Å². The number of imidazole rings is 1. The van der Waals surface area contributed by atoms with Gasteiger partial charge in [-0.05, 0) is 18.0 Å². The van der Waals surface area contributed by atoms with Gasteiger partial charge < -0.3 is 19.7 Å². The van der Waals surface area contributed by atoms with Crippen molar-refractivity contribution in [3.8, 4) is 12.3 Å². The highest BCUT2D eigenvalue weighted by Crippen LogP contribution is 2.23. The molecule has 2 aromatic rings. The maximum atomic E-state index is 12.2. The number of halogens is 1. The number of aliphatic hydroxyl groups is 1. The number of anilines is 1. The Morgan fingerprint density at radius 1 is 1.43 bits per heavy atom. The molecule has 2 heterocycles. The number of terminal acetylenes is 1. The van der Waals surface area contributed by atoms with E-state index in [-0.39, 0.29) is 23.6 Å². The summed E-state index contributed by atoms with van der Waals surface area (Å²) in [5.41, 5.74) is -0.163. The van der Waals surface area contributed by atoms with Gasteiger partial charge in [-0.1, -0.05) is 32.1 Å². The van der Waals surface area contributed by atoms with Crippen LogP contribution in [-0.4, -0.2) is 49.9 Å². The second kappa shape index (κ2) is 10.4. The van der Waals surface area contributed by atoms with Crippen molar-refractivity contribution in [3.63, 3.8) is 0 Å². The second-order valence-corrected chi connectivity index (χ2v) is 6.90. The predicted octanol–water partition coefficient (Wildman–Crippen LogP) is 2.79. The average molecular weight is 408 g/mol. The molecular formula is C19H26ClN5O3. The van der Waals surface area contributed by atoms with Crippen LogP contribution in [0.1, 0.15) is 45.4 Å². The van der Waals surface area contributed by atoms with Crippen LogP contribution < -0.4 is 5.32 Å². The summed E-state index contributed by atoms with van der Waals surface area (Å²) in [4.78, 5) is 24.8. The molecule has 0 fully saturated rings. The van der Waals surface area contributed by atoms with Gasteiger partial charge in [0.2, 0.25) is 11.2 Å². The molecule has 0 saturated carbocycles. The Morgan fingerprint density at radius 3 is 2.86 bits per heavy atom. The molecule has 2 rings (SSSR count). The minimum atomic E-state index is -1.08. The standard InChI is InChI=1S/C19H26ClN5O3/c1-4-6-7-8-9-14(27)22-16-15-17(24-18(20)23-16)25(13-21-15)11-10-19(5-2,12-26)28-3/h2,13,26H,4,6-12H2,1,3H3,(H,22,23,24,27). The van der Waals surface area contributed by atoms with Crippen LogP contribution >= 0.6 is 11.6 Å². The fourth-order valence-corrected chi connectivity index (χ4v) is 2.96. The number of rotatable bonds is 11. The molecule has 152 valence electrons. The third-order valence-corrected chi connectivity index (χ3v) is 4.79. The number of hydrogen-bond acceptors (Lipinski definition) is 6. The van der Waals surface area contributed by atoms with Crippen LogP contribution in [0, 0.1) is 12.3 Å². The van der Waals surface area contributed by atoms with Gasteiger partial charge in [-0.15, -0.1) is 6.42 Å². The first-order valence-corrected chi connectivity index (χ1v) is 9.68. The normalized spacial score (nSPS) is 13.2. The summed E-state index contributed by atoms with van der Waals surface area (Å²) < 4.78 is 7.00. The number of methoxy groups -OCH3 is 1. The van der Waals surface area contributed by atoms with E-state index in [0.29, 0.717) is 30.6 Å². The number of nitrogens with one attached hydrogen (secondary N) is 1. The maximum absolute atomic E-state index is 12.2. The Bertz CT molecular complexity index is 842. The molecule has 9 heteroatoms. The van der Waals surface area contributed by atoms with Crippen LogP contribution in [0.5, 0.6) is 0 Å². The van der Waals surface area contributed by atoms with E-state index in [9.17, 15) is 9.90 Å². The molecule has 28 heavy (non-hydrogen) atoms. The largest absolute Gasteiger partial charge is 0.392 e. The number of ether oxygens (including phenoxy) is 1. The van der Waals surface area contributed by atoms with E-state index in [4.69, 9.17) is 22.8 Å². The Labute approximate surface area is 169 Å². The molecule has 1 amide bonds. The summed E-state index contributed by atoms with van der Waals surface area (Å²) in [6.45, 7) is 2.21. The Hall–Kier alpha value is -2.21. The number of carbonyl (C=O) groups is 1. The molecule has 8 nitrogen and oxygen atoms in total. The molecule has 0 radical (unpaired) electrons. The van der Waals surface area contributed by atoms with Crippen LogP contribution in [0.15, 0.2) is 6.33 Å². The number of hydrogen-bond donors (Lipinski definition) is 2. The van der Waals surface area contributed by atoms with Gasteiger partial charge in [0.15, 0.2) is 22.6 Å². The third-order valence-electron chi connectivity index (χ3n) is 4.62. The Balaban J connectivity index is 2.16. The highest BCUT2D eigenvalue weighted by Gasteiger charge is 2.26. The van der Waals surface area contributed by atoms with Crippen molar-refractivity contribution in [2.75, 3.05) is 19.0 Å². The molecule has 0 bridgehead atoms. The van der Waals surface area contributed by atoms with Crippen molar-refractivity contribution in [1.29, 1.82) is 0 Å². The lowest BCUT2D eigenvalue weighted by atomic mass is 10.0. The molecule has 0 aliphatic rings. The summed E-state index contributed by atoms with van der Waals surface area (Å²) >= 11 is 6.04. The van der Waals surface area contributed by atoms with Gasteiger partial charge in [-0.3, -0.25) is 4.79 Å². The Kier molecular flexibility index (Phi) is 8.18. The number of aryl methyl sites for hydroxylation is 1.